The van der Waals surface area contributed by atoms with E-state index in [1.165, 1.54) is 12.1 Å². The highest BCUT2D eigenvalue weighted by Crippen LogP contribution is 2.37. The van der Waals surface area contributed by atoms with Crippen LogP contribution < -0.4 is 10.2 Å². The van der Waals surface area contributed by atoms with Crippen molar-refractivity contribution < 1.29 is 23.5 Å². The molecule has 2 unspecified atom stereocenters. The third-order valence-electron chi connectivity index (χ3n) is 5.89. The number of hydroxylamine groups is 1. The molecule has 0 spiro atoms. The number of ether oxygens (including phenoxy) is 1. The van der Waals surface area contributed by atoms with Gasteiger partial charge in [0, 0.05) is 19.2 Å². The summed E-state index contributed by atoms with van der Waals surface area (Å²) in [4.78, 5) is 11.5. The second-order valence-electron chi connectivity index (χ2n) is 8.91. The van der Waals surface area contributed by atoms with Crippen molar-refractivity contribution in [3.05, 3.63) is 83.7 Å². The second kappa shape index (κ2) is 12.9. The molecule has 5 rings (SSSR count). The molecule has 0 saturated carbocycles. The third-order valence-corrected chi connectivity index (χ3v) is 5.89. The first-order chi connectivity index (χ1) is 17.8. The quantitative estimate of drug-likeness (QED) is 0.509. The van der Waals surface area contributed by atoms with Gasteiger partial charge in [0.05, 0.1) is 31.4 Å². The molecule has 0 amide bonds. The van der Waals surface area contributed by atoms with E-state index >= 15 is 0 Å². The lowest BCUT2D eigenvalue weighted by Gasteiger charge is -2.39. The molecule has 2 fully saturated rings. The Morgan fingerprint density at radius 2 is 1.97 bits per heavy atom. The lowest BCUT2D eigenvalue weighted by atomic mass is 9.89. The number of hydrogen-bond donors (Lipinski definition) is 2. The van der Waals surface area contributed by atoms with Crippen molar-refractivity contribution in [2.75, 3.05) is 20.3 Å². The Morgan fingerprint density at radius 3 is 2.54 bits per heavy atom. The van der Waals surface area contributed by atoms with E-state index in [1.807, 2.05) is 60.7 Å². The van der Waals surface area contributed by atoms with Crippen LogP contribution >= 0.6 is 0 Å². The fourth-order valence-electron chi connectivity index (χ4n) is 4.34. The largest absolute Gasteiger partial charge is 0.495 e. The number of fused-ring (bicyclic) bond motifs is 1. The highest BCUT2D eigenvalue weighted by Gasteiger charge is 2.46. The van der Waals surface area contributed by atoms with Gasteiger partial charge in [-0.05, 0) is 49.2 Å². The number of imidazole rings is 1. The first-order valence-corrected chi connectivity index (χ1v) is 12.4. The van der Waals surface area contributed by atoms with E-state index in [1.54, 1.807) is 38.6 Å². The van der Waals surface area contributed by atoms with E-state index < -0.39 is 11.9 Å². The van der Waals surface area contributed by atoms with Crippen molar-refractivity contribution >= 4 is 6.08 Å². The molecule has 0 radical (unpaired) electrons. The van der Waals surface area contributed by atoms with Gasteiger partial charge in [0.15, 0.2) is 6.23 Å². The molecule has 9 heteroatoms. The number of methoxy groups -OCH3 is 1. The van der Waals surface area contributed by atoms with Gasteiger partial charge in [0.25, 0.3) is 0 Å². The zero-order valence-electron chi connectivity index (χ0n) is 22.0. The summed E-state index contributed by atoms with van der Waals surface area (Å²) in [6, 6.07) is 13.8. The van der Waals surface area contributed by atoms with Crippen LogP contribution in [-0.2, 0) is 4.84 Å². The summed E-state index contributed by atoms with van der Waals surface area (Å²) in [5.41, 5.74) is 5.09. The van der Waals surface area contributed by atoms with E-state index in [4.69, 9.17) is 9.57 Å². The Bertz CT molecular complexity index is 1170. The van der Waals surface area contributed by atoms with Gasteiger partial charge in [-0.1, -0.05) is 44.2 Å². The first-order valence-electron chi connectivity index (χ1n) is 12.4. The summed E-state index contributed by atoms with van der Waals surface area (Å²) in [5.74, 6) is 0.522. The second-order valence-corrected chi connectivity index (χ2v) is 8.91. The van der Waals surface area contributed by atoms with Crippen molar-refractivity contribution in [3.8, 4) is 11.4 Å². The number of aliphatic hydroxyl groups excluding tert-OH is 1. The Morgan fingerprint density at radius 1 is 1.24 bits per heavy atom. The molecule has 2 N–H and O–H groups in total. The molecule has 0 bridgehead atoms. The van der Waals surface area contributed by atoms with Crippen LogP contribution in [-0.4, -0.2) is 57.9 Å². The molecule has 3 aromatic rings. The van der Waals surface area contributed by atoms with Crippen molar-refractivity contribution in [3.63, 3.8) is 0 Å². The van der Waals surface area contributed by atoms with Gasteiger partial charge >= 0.3 is 0 Å². The number of rotatable bonds is 4. The number of benzene rings is 2. The molecule has 2 aliphatic heterocycles. The summed E-state index contributed by atoms with van der Waals surface area (Å²) in [5, 5.41) is 9.49. The molecule has 7 nitrogen and oxygen atoms in total. The first kappa shape index (κ1) is 28.5. The highest BCUT2D eigenvalue weighted by atomic mass is 19.1. The van der Waals surface area contributed by atoms with Crippen LogP contribution in [0.3, 0.4) is 0 Å². The van der Waals surface area contributed by atoms with E-state index in [0.29, 0.717) is 5.75 Å². The summed E-state index contributed by atoms with van der Waals surface area (Å²) >= 11 is 0. The van der Waals surface area contributed by atoms with Crippen LogP contribution in [0.2, 0.25) is 0 Å². The van der Waals surface area contributed by atoms with Crippen molar-refractivity contribution in [2.45, 2.75) is 52.2 Å². The number of piperidine rings is 1. The molecule has 1 aromatic heterocycles. The number of aliphatic hydroxyl groups is 1. The van der Waals surface area contributed by atoms with Crippen LogP contribution in [0.25, 0.3) is 11.8 Å². The van der Waals surface area contributed by atoms with Crippen LogP contribution in [0.4, 0.5) is 8.78 Å². The zero-order valence-corrected chi connectivity index (χ0v) is 22.0. The number of aryl methyl sites for hydroxylation is 1. The molecule has 2 aromatic carbocycles. The summed E-state index contributed by atoms with van der Waals surface area (Å²) in [6.07, 6.45) is 5.10. The predicted molar refractivity (Wildman–Crippen MR) is 140 cm³/mol. The molecule has 37 heavy (non-hydrogen) atoms. The van der Waals surface area contributed by atoms with Crippen LogP contribution in [0.15, 0.2) is 66.6 Å². The lowest BCUT2D eigenvalue weighted by molar-refractivity contribution is -0.0561. The van der Waals surface area contributed by atoms with Gasteiger partial charge in [-0.3, -0.25) is 9.74 Å². The van der Waals surface area contributed by atoms with Crippen LogP contribution in [0, 0.1) is 12.7 Å². The molecule has 2 aliphatic rings. The van der Waals surface area contributed by atoms with Gasteiger partial charge in [-0.15, -0.1) is 0 Å². The number of halogens is 2. The number of nitrogens with zero attached hydrogens (tertiary/aromatic N) is 3. The van der Waals surface area contributed by atoms with Crippen molar-refractivity contribution in [1.82, 2.24) is 19.9 Å². The molecule has 200 valence electrons. The number of nitrogens with one attached hydrogen (secondary N) is 1. The Kier molecular flexibility index (Phi) is 9.93. The summed E-state index contributed by atoms with van der Waals surface area (Å²) in [7, 11) is 1.62. The van der Waals surface area contributed by atoms with Gasteiger partial charge in [-0.25, -0.2) is 13.8 Å². The maximum absolute atomic E-state index is 14.9. The minimum absolute atomic E-state index is 0.178. The smallest absolute Gasteiger partial charge is 0.157 e. The zero-order chi connectivity index (χ0) is 27.0. The van der Waals surface area contributed by atoms with Gasteiger partial charge in [-0.2, -0.15) is 5.48 Å². The van der Waals surface area contributed by atoms with Crippen LogP contribution in [0.5, 0.6) is 5.75 Å². The van der Waals surface area contributed by atoms with Crippen LogP contribution in [0.1, 0.15) is 38.4 Å². The third kappa shape index (κ3) is 7.23. The minimum atomic E-state index is -1.40. The monoisotopic (exact) mass is 514 g/mol. The number of aromatic nitrogens is 2. The Hall–Kier alpha value is -3.11. The van der Waals surface area contributed by atoms with Gasteiger partial charge in [0.1, 0.15) is 23.4 Å². The molecular weight excluding hydrogens is 478 g/mol. The topological polar surface area (TPSA) is 71.8 Å². The van der Waals surface area contributed by atoms with Crippen molar-refractivity contribution in [2.24, 2.45) is 0 Å². The van der Waals surface area contributed by atoms with Gasteiger partial charge < -0.3 is 14.4 Å². The average Bonchev–Trinajstić information content (AvgIpc) is 3.51. The number of alkyl halides is 1. The van der Waals surface area contributed by atoms with E-state index in [9.17, 15) is 13.9 Å². The molecule has 0 aliphatic carbocycles. The Balaban J connectivity index is 0.000000361. The van der Waals surface area contributed by atoms with E-state index in [0.717, 1.165) is 22.5 Å². The SMILES string of the molecule is CC.COc1cc(/C=C2\CC(C)(F)CN3C2NO[C@H]3CO)ccc1-n1cnc(C)c1.Fc1ccccc1. The Labute approximate surface area is 217 Å². The molecule has 2 saturated heterocycles. The molecule has 3 heterocycles. The minimum Gasteiger partial charge on any atom is -0.495 e. The van der Waals surface area contributed by atoms with Crippen molar-refractivity contribution in [1.29, 1.82) is 0 Å². The normalized spacial score (nSPS) is 23.9. The molecule has 3 atom stereocenters. The summed E-state index contributed by atoms with van der Waals surface area (Å²) < 4.78 is 34.3. The fraction of sp³-hybridized carbons (Fsp3) is 0.393. The number of hydrogen-bond acceptors (Lipinski definition) is 6. The fourth-order valence-corrected chi connectivity index (χ4v) is 4.34. The maximum atomic E-state index is 14.9. The predicted octanol–water partition coefficient (Wildman–Crippen LogP) is 5.04. The highest BCUT2D eigenvalue weighted by molar-refractivity contribution is 5.61. The van der Waals surface area contributed by atoms with Gasteiger partial charge in [0.2, 0.25) is 0 Å². The van der Waals surface area contributed by atoms with E-state index in [-0.39, 0.29) is 31.6 Å². The lowest BCUT2D eigenvalue weighted by Crippen LogP contribution is -2.53. The standard InChI is InChI=1S/C20H25FN4O3.C6H5F.C2H6/c1-13-9-24(12-22-13)16-5-4-14(7-17(16)27-3)6-15-8-20(2,21)11-25-18(10-26)28-23-19(15)25;7-6-4-2-1-3-5-6;1-2/h4-7,9,12,18-19,23,26H,8,10-11H2,1-3H3;1-5H;1-2H3/b15-6+;;/t18-,19?,20?;;/m0../s1. The average molecular weight is 515 g/mol. The van der Waals surface area contributed by atoms with E-state index in [2.05, 4.69) is 10.5 Å². The maximum Gasteiger partial charge on any atom is 0.157 e. The molecular formula is C28H36F2N4O3. The summed E-state index contributed by atoms with van der Waals surface area (Å²) in [6.45, 7) is 7.52.